The molecule has 0 aliphatic rings. The number of halogens is 1. The van der Waals surface area contributed by atoms with Gasteiger partial charge < -0.3 is 0 Å². The third kappa shape index (κ3) is 3.67. The van der Waals surface area contributed by atoms with Gasteiger partial charge in [-0.25, -0.2) is 13.1 Å². The lowest BCUT2D eigenvalue weighted by atomic mass is 10.2. The van der Waals surface area contributed by atoms with Crippen LogP contribution in [-0.2, 0) is 16.6 Å². The van der Waals surface area contributed by atoms with Crippen LogP contribution in [0.25, 0.3) is 0 Å². The first-order chi connectivity index (χ1) is 9.81. The summed E-state index contributed by atoms with van der Waals surface area (Å²) in [5.74, 6) is 0. The molecule has 0 saturated carbocycles. The maximum Gasteiger partial charge on any atom is 0.273 e. The second-order valence-electron chi connectivity index (χ2n) is 4.18. The van der Waals surface area contributed by atoms with Crippen molar-refractivity contribution in [1.82, 2.24) is 4.72 Å². The summed E-state index contributed by atoms with van der Waals surface area (Å²) in [7, 11) is -3.70. The van der Waals surface area contributed by atoms with E-state index in [0.29, 0.717) is 14.2 Å². The van der Waals surface area contributed by atoms with Crippen LogP contribution in [0.3, 0.4) is 0 Å². The molecule has 0 spiro atoms. The zero-order valence-corrected chi connectivity index (χ0v) is 14.1. The first-order valence-corrected chi connectivity index (χ1v) is 8.88. The largest absolute Gasteiger partial charge is 0.273 e. The van der Waals surface area contributed by atoms with Crippen molar-refractivity contribution < 1.29 is 13.3 Å². The van der Waals surface area contributed by atoms with Crippen molar-refractivity contribution >= 4 is 43.0 Å². The second-order valence-corrected chi connectivity index (χ2v) is 8.55. The van der Waals surface area contributed by atoms with Gasteiger partial charge in [0, 0.05) is 23.1 Å². The van der Waals surface area contributed by atoms with Gasteiger partial charge in [0.05, 0.1) is 13.6 Å². The molecule has 6 nitrogen and oxygen atoms in total. The van der Waals surface area contributed by atoms with E-state index in [0.717, 1.165) is 0 Å². The Balaban J connectivity index is 2.24. The van der Waals surface area contributed by atoms with Crippen LogP contribution < -0.4 is 4.72 Å². The maximum absolute atomic E-state index is 12.2. The fraction of sp³-hybridized carbons (Fsp3) is 0.167. The number of hydrogen-bond donors (Lipinski definition) is 1. The van der Waals surface area contributed by atoms with E-state index in [2.05, 4.69) is 20.7 Å². The fourth-order valence-corrected chi connectivity index (χ4v) is 5.21. The molecule has 9 heteroatoms. The highest BCUT2D eigenvalue weighted by Gasteiger charge is 2.21. The van der Waals surface area contributed by atoms with Crippen molar-refractivity contribution in [2.24, 2.45) is 0 Å². The number of rotatable bonds is 5. The summed E-state index contributed by atoms with van der Waals surface area (Å²) >= 11 is 4.55. The van der Waals surface area contributed by atoms with Crippen molar-refractivity contribution in [3.63, 3.8) is 0 Å². The lowest BCUT2D eigenvalue weighted by molar-refractivity contribution is -0.385. The molecule has 2 rings (SSSR count). The molecular weight excluding hydrogens is 380 g/mol. The van der Waals surface area contributed by atoms with Crippen LogP contribution in [0.2, 0.25) is 0 Å². The van der Waals surface area contributed by atoms with Gasteiger partial charge in [-0.15, -0.1) is 11.3 Å². The third-order valence-corrected chi connectivity index (χ3v) is 5.98. The molecule has 1 aromatic carbocycles. The van der Waals surface area contributed by atoms with E-state index in [1.807, 2.05) is 0 Å². The van der Waals surface area contributed by atoms with Crippen LogP contribution in [0, 0.1) is 17.0 Å². The van der Waals surface area contributed by atoms with Crippen LogP contribution in [0.1, 0.15) is 10.4 Å². The summed E-state index contributed by atoms with van der Waals surface area (Å²) in [4.78, 5) is 11.2. The highest BCUT2D eigenvalue weighted by molar-refractivity contribution is 9.11. The third-order valence-electron chi connectivity index (χ3n) is 2.77. The monoisotopic (exact) mass is 390 g/mol. The zero-order valence-electron chi connectivity index (χ0n) is 10.9. The average molecular weight is 391 g/mol. The molecule has 1 N–H and O–H groups in total. The molecule has 0 unspecified atom stereocenters. The molecule has 0 fully saturated rings. The molecule has 0 radical (unpaired) electrons. The van der Waals surface area contributed by atoms with Crippen LogP contribution in [0.15, 0.2) is 39.0 Å². The molecule has 0 aliphatic carbocycles. The molecule has 0 saturated heterocycles. The van der Waals surface area contributed by atoms with Crippen LogP contribution in [0.4, 0.5) is 5.69 Å². The average Bonchev–Trinajstić information content (AvgIpc) is 2.76. The first kappa shape index (κ1) is 16.1. The molecule has 0 bridgehead atoms. The van der Waals surface area contributed by atoms with Crippen molar-refractivity contribution in [2.45, 2.75) is 18.4 Å². The van der Waals surface area contributed by atoms with Gasteiger partial charge in [0.15, 0.2) is 0 Å². The number of nitrogens with one attached hydrogen (secondary N) is 1. The minimum Gasteiger partial charge on any atom is -0.258 e. The molecule has 1 aromatic heterocycles. The molecule has 2 aromatic rings. The van der Waals surface area contributed by atoms with Gasteiger partial charge in [-0.1, -0.05) is 18.2 Å². The quantitative estimate of drug-likeness (QED) is 0.626. The van der Waals surface area contributed by atoms with Gasteiger partial charge >= 0.3 is 0 Å². The summed E-state index contributed by atoms with van der Waals surface area (Å²) in [5, 5.41) is 10.9. The molecule has 21 heavy (non-hydrogen) atoms. The predicted molar refractivity (Wildman–Crippen MR) is 83.9 cm³/mol. The summed E-state index contributed by atoms with van der Waals surface area (Å²) < 4.78 is 27.6. The Morgan fingerprint density at radius 1 is 1.38 bits per heavy atom. The Bertz CT molecular complexity index is 786. The smallest absolute Gasteiger partial charge is 0.258 e. The lowest BCUT2D eigenvalue weighted by Gasteiger charge is -2.06. The Kier molecular flexibility index (Phi) is 4.77. The number of aryl methyl sites for hydroxylation is 1. The van der Waals surface area contributed by atoms with Crippen molar-refractivity contribution in [2.75, 3.05) is 0 Å². The van der Waals surface area contributed by atoms with E-state index < -0.39 is 14.9 Å². The van der Waals surface area contributed by atoms with Crippen molar-refractivity contribution in [1.29, 1.82) is 0 Å². The van der Waals surface area contributed by atoms with Crippen LogP contribution in [0.5, 0.6) is 0 Å². The SMILES string of the molecule is Cc1sc(Br)cc1S(=O)(=O)NCc1ccccc1[N+](=O)[O-]. The van der Waals surface area contributed by atoms with E-state index in [4.69, 9.17) is 0 Å². The van der Waals surface area contributed by atoms with Gasteiger partial charge in [-0.05, 0) is 28.9 Å². The highest BCUT2D eigenvalue weighted by Crippen LogP contribution is 2.29. The number of benzene rings is 1. The van der Waals surface area contributed by atoms with E-state index in [-0.39, 0.29) is 17.1 Å². The number of nitro groups is 1. The lowest BCUT2D eigenvalue weighted by Crippen LogP contribution is -2.23. The van der Waals surface area contributed by atoms with Crippen LogP contribution in [-0.4, -0.2) is 13.3 Å². The minimum absolute atomic E-state index is 0.108. The van der Waals surface area contributed by atoms with Gasteiger partial charge in [-0.3, -0.25) is 10.1 Å². The van der Waals surface area contributed by atoms with E-state index >= 15 is 0 Å². The van der Waals surface area contributed by atoms with Gasteiger partial charge in [0.1, 0.15) is 0 Å². The number of para-hydroxylation sites is 1. The Labute approximate surface area is 134 Å². The molecule has 0 aliphatic heterocycles. The van der Waals surface area contributed by atoms with Crippen molar-refractivity contribution in [3.8, 4) is 0 Å². The summed E-state index contributed by atoms with van der Waals surface area (Å²) in [6, 6.07) is 7.55. The number of nitro benzene ring substituents is 1. The van der Waals surface area contributed by atoms with Crippen LogP contribution >= 0.6 is 27.3 Å². The topological polar surface area (TPSA) is 89.3 Å². The van der Waals surface area contributed by atoms with Gasteiger partial charge in [0.25, 0.3) is 5.69 Å². The van der Waals surface area contributed by atoms with Gasteiger partial charge in [0.2, 0.25) is 10.0 Å². The first-order valence-electron chi connectivity index (χ1n) is 5.79. The van der Waals surface area contributed by atoms with Gasteiger partial charge in [-0.2, -0.15) is 0 Å². The normalized spacial score (nSPS) is 11.5. The highest BCUT2D eigenvalue weighted by atomic mass is 79.9. The summed E-state index contributed by atoms with van der Waals surface area (Å²) in [5.41, 5.74) is 0.210. The Morgan fingerprint density at radius 3 is 2.62 bits per heavy atom. The Morgan fingerprint density at radius 2 is 2.05 bits per heavy atom. The number of hydrogen-bond acceptors (Lipinski definition) is 5. The minimum atomic E-state index is -3.70. The number of thiophene rings is 1. The van der Waals surface area contributed by atoms with E-state index in [1.54, 1.807) is 13.0 Å². The molecule has 112 valence electrons. The maximum atomic E-state index is 12.2. The molecular formula is C12H11BrN2O4S2. The molecule has 1 heterocycles. The predicted octanol–water partition coefficient (Wildman–Crippen LogP) is 3.21. The second kappa shape index (κ2) is 6.22. The zero-order chi connectivity index (χ0) is 15.6. The standard InChI is InChI=1S/C12H11BrN2O4S2/c1-8-11(6-12(13)20-8)21(18,19)14-7-9-4-2-3-5-10(9)15(16)17/h2-6,14H,7H2,1H3. The Hall–Kier alpha value is -1.29. The fourth-order valence-electron chi connectivity index (χ4n) is 1.79. The molecule has 0 atom stereocenters. The number of sulfonamides is 1. The van der Waals surface area contributed by atoms with E-state index in [1.165, 1.54) is 35.6 Å². The van der Waals surface area contributed by atoms with E-state index in [9.17, 15) is 18.5 Å². The molecule has 0 amide bonds. The van der Waals surface area contributed by atoms with Crippen molar-refractivity contribution in [3.05, 3.63) is 54.7 Å². The summed E-state index contributed by atoms with van der Waals surface area (Å²) in [6.07, 6.45) is 0. The number of nitrogens with zero attached hydrogens (tertiary/aromatic N) is 1. The summed E-state index contributed by atoms with van der Waals surface area (Å²) in [6.45, 7) is 1.57.